The lowest BCUT2D eigenvalue weighted by Crippen LogP contribution is -2.28. The van der Waals surface area contributed by atoms with E-state index in [2.05, 4.69) is 5.32 Å². The van der Waals surface area contributed by atoms with Crippen molar-refractivity contribution in [2.45, 2.75) is 12.6 Å². The van der Waals surface area contributed by atoms with Gasteiger partial charge in [-0.2, -0.15) is 13.2 Å². The van der Waals surface area contributed by atoms with E-state index in [9.17, 15) is 22.8 Å². The van der Waals surface area contributed by atoms with Crippen molar-refractivity contribution in [3.05, 3.63) is 48.0 Å². The molecule has 1 saturated heterocycles. The van der Waals surface area contributed by atoms with Crippen LogP contribution < -0.4 is 19.7 Å². The predicted octanol–water partition coefficient (Wildman–Crippen LogP) is 3.73. The number of anilines is 2. The van der Waals surface area contributed by atoms with Gasteiger partial charge in [-0.3, -0.25) is 9.59 Å². The molecule has 1 heterocycles. The topological polar surface area (TPSA) is 77.1 Å². The standard InChI is InChI=1S/C22H23F3N2O5/c1-30-8-9-32-19-12-16(6-7-18(19)31-2)26-21(29)14-10-20(28)27(13-14)17-5-3-4-15(11-17)22(23,24)25/h3-7,11-12,14H,8-10,13H2,1-2H3,(H,26,29). The zero-order chi connectivity index (χ0) is 23.3. The monoisotopic (exact) mass is 452 g/mol. The number of nitrogens with one attached hydrogen (secondary N) is 1. The van der Waals surface area contributed by atoms with E-state index < -0.39 is 29.5 Å². The van der Waals surface area contributed by atoms with Crippen LogP contribution in [0.5, 0.6) is 11.5 Å². The van der Waals surface area contributed by atoms with Crippen LogP contribution in [-0.4, -0.2) is 45.8 Å². The van der Waals surface area contributed by atoms with E-state index in [0.717, 1.165) is 12.1 Å². The Hall–Kier alpha value is -3.27. The summed E-state index contributed by atoms with van der Waals surface area (Å²) in [5.41, 5.74) is -0.304. The van der Waals surface area contributed by atoms with E-state index in [4.69, 9.17) is 14.2 Å². The van der Waals surface area contributed by atoms with Crippen LogP contribution in [0, 0.1) is 5.92 Å². The number of hydrogen-bond donors (Lipinski definition) is 1. The third kappa shape index (κ3) is 5.50. The maximum Gasteiger partial charge on any atom is 0.416 e. The minimum atomic E-state index is -4.52. The molecule has 7 nitrogen and oxygen atoms in total. The summed E-state index contributed by atoms with van der Waals surface area (Å²) < 4.78 is 54.7. The van der Waals surface area contributed by atoms with Crippen LogP contribution in [0.2, 0.25) is 0 Å². The molecule has 0 aliphatic carbocycles. The Balaban J connectivity index is 1.69. The molecule has 2 aromatic rings. The van der Waals surface area contributed by atoms with Crippen LogP contribution in [-0.2, 0) is 20.5 Å². The van der Waals surface area contributed by atoms with Gasteiger partial charge in [0.2, 0.25) is 11.8 Å². The molecular formula is C22H23F3N2O5. The summed E-state index contributed by atoms with van der Waals surface area (Å²) >= 11 is 0. The normalized spacial score (nSPS) is 16.2. The zero-order valence-electron chi connectivity index (χ0n) is 17.6. The lowest BCUT2D eigenvalue weighted by Gasteiger charge is -2.18. The molecule has 1 atom stereocenters. The number of carbonyl (C=O) groups excluding carboxylic acids is 2. The number of amides is 2. The van der Waals surface area contributed by atoms with E-state index in [1.807, 2.05) is 0 Å². The quantitative estimate of drug-likeness (QED) is 0.618. The number of benzene rings is 2. The zero-order valence-corrected chi connectivity index (χ0v) is 17.6. The Morgan fingerprint density at radius 3 is 2.59 bits per heavy atom. The highest BCUT2D eigenvalue weighted by atomic mass is 19.4. The Bertz CT molecular complexity index is 980. The van der Waals surface area contributed by atoms with Crippen molar-refractivity contribution < 1.29 is 37.0 Å². The van der Waals surface area contributed by atoms with Crippen LogP contribution >= 0.6 is 0 Å². The van der Waals surface area contributed by atoms with Gasteiger partial charge < -0.3 is 24.4 Å². The second-order valence-electron chi connectivity index (χ2n) is 7.15. The molecule has 32 heavy (non-hydrogen) atoms. The third-order valence-electron chi connectivity index (χ3n) is 4.96. The molecule has 2 amide bonds. The van der Waals surface area contributed by atoms with E-state index >= 15 is 0 Å². The van der Waals surface area contributed by atoms with Crippen LogP contribution in [0.15, 0.2) is 42.5 Å². The molecule has 1 aliphatic rings. The third-order valence-corrected chi connectivity index (χ3v) is 4.96. The Labute approximate surface area is 183 Å². The van der Waals surface area contributed by atoms with Gasteiger partial charge >= 0.3 is 6.18 Å². The van der Waals surface area contributed by atoms with Crippen LogP contribution in [0.3, 0.4) is 0 Å². The summed E-state index contributed by atoms with van der Waals surface area (Å²) in [5.74, 6) is -0.651. The fraction of sp³-hybridized carbons (Fsp3) is 0.364. The first-order valence-electron chi connectivity index (χ1n) is 9.81. The number of nitrogens with zero attached hydrogens (tertiary/aromatic N) is 1. The van der Waals surface area contributed by atoms with Gasteiger partial charge in [-0.25, -0.2) is 0 Å². The highest BCUT2D eigenvalue weighted by Gasteiger charge is 2.37. The molecule has 0 bridgehead atoms. The molecule has 1 fully saturated rings. The van der Waals surface area contributed by atoms with Crippen LogP contribution in [0.1, 0.15) is 12.0 Å². The average molecular weight is 452 g/mol. The van der Waals surface area contributed by atoms with E-state index in [0.29, 0.717) is 23.8 Å². The molecule has 10 heteroatoms. The van der Waals surface area contributed by atoms with Crippen molar-refractivity contribution in [3.8, 4) is 11.5 Å². The molecule has 172 valence electrons. The highest BCUT2D eigenvalue weighted by molar-refractivity contribution is 6.03. The van der Waals surface area contributed by atoms with Gasteiger partial charge in [-0.05, 0) is 30.3 Å². The van der Waals surface area contributed by atoms with Gasteiger partial charge in [-0.1, -0.05) is 6.07 Å². The average Bonchev–Trinajstić information content (AvgIpc) is 3.15. The molecule has 1 N–H and O–H groups in total. The Kier molecular flexibility index (Phi) is 7.24. The number of rotatable bonds is 8. The number of halogens is 3. The van der Waals surface area contributed by atoms with Crippen LogP contribution in [0.4, 0.5) is 24.5 Å². The molecule has 1 unspecified atom stereocenters. The van der Waals surface area contributed by atoms with E-state index in [1.54, 1.807) is 25.3 Å². The second kappa shape index (κ2) is 9.90. The second-order valence-corrected chi connectivity index (χ2v) is 7.15. The first-order valence-corrected chi connectivity index (χ1v) is 9.81. The number of carbonyl (C=O) groups is 2. The van der Waals surface area contributed by atoms with Gasteiger partial charge in [0.25, 0.3) is 0 Å². The minimum Gasteiger partial charge on any atom is -0.493 e. The van der Waals surface area contributed by atoms with Crippen molar-refractivity contribution in [2.75, 3.05) is 44.2 Å². The molecule has 0 saturated carbocycles. The smallest absolute Gasteiger partial charge is 0.416 e. The summed E-state index contributed by atoms with van der Waals surface area (Å²) in [6, 6.07) is 9.35. The highest BCUT2D eigenvalue weighted by Crippen LogP contribution is 2.34. The van der Waals surface area contributed by atoms with Crippen molar-refractivity contribution >= 4 is 23.2 Å². The first kappa shape index (κ1) is 23.4. The molecule has 3 rings (SSSR count). The maximum absolute atomic E-state index is 13.0. The molecule has 0 aromatic heterocycles. The number of methoxy groups -OCH3 is 2. The van der Waals surface area contributed by atoms with Crippen molar-refractivity contribution in [1.82, 2.24) is 0 Å². The molecule has 1 aliphatic heterocycles. The van der Waals surface area contributed by atoms with Gasteiger partial charge in [0.1, 0.15) is 6.61 Å². The fourth-order valence-corrected chi connectivity index (χ4v) is 3.33. The lowest BCUT2D eigenvalue weighted by molar-refractivity contribution is -0.137. The van der Waals surface area contributed by atoms with Gasteiger partial charge in [0, 0.05) is 37.5 Å². The summed E-state index contributed by atoms with van der Waals surface area (Å²) in [4.78, 5) is 26.3. The first-order chi connectivity index (χ1) is 15.2. The summed E-state index contributed by atoms with van der Waals surface area (Å²) in [5, 5.41) is 2.73. The van der Waals surface area contributed by atoms with Crippen molar-refractivity contribution in [3.63, 3.8) is 0 Å². The maximum atomic E-state index is 13.0. The van der Waals surface area contributed by atoms with E-state index in [1.165, 1.54) is 24.1 Å². The van der Waals surface area contributed by atoms with Gasteiger partial charge in [0.05, 0.1) is 25.2 Å². The largest absolute Gasteiger partial charge is 0.493 e. The fourth-order valence-electron chi connectivity index (χ4n) is 3.33. The van der Waals surface area contributed by atoms with Gasteiger partial charge in [0.15, 0.2) is 11.5 Å². The Morgan fingerprint density at radius 2 is 1.91 bits per heavy atom. The predicted molar refractivity (Wildman–Crippen MR) is 111 cm³/mol. The number of alkyl halides is 3. The lowest BCUT2D eigenvalue weighted by atomic mass is 10.1. The minimum absolute atomic E-state index is 0.0146. The molecule has 0 radical (unpaired) electrons. The van der Waals surface area contributed by atoms with Gasteiger partial charge in [-0.15, -0.1) is 0 Å². The molecule has 0 spiro atoms. The number of ether oxygens (including phenoxy) is 3. The SMILES string of the molecule is COCCOc1cc(NC(=O)C2CC(=O)N(c3cccc(C(F)(F)F)c3)C2)ccc1OC. The summed E-state index contributed by atoms with van der Waals surface area (Å²) in [6.07, 6.45) is -4.62. The Morgan fingerprint density at radius 1 is 1.12 bits per heavy atom. The molecule has 2 aromatic carbocycles. The van der Waals surface area contributed by atoms with Crippen LogP contribution in [0.25, 0.3) is 0 Å². The van der Waals surface area contributed by atoms with Crippen molar-refractivity contribution in [1.29, 1.82) is 0 Å². The number of hydrogen-bond acceptors (Lipinski definition) is 5. The summed E-state index contributed by atoms with van der Waals surface area (Å²) in [7, 11) is 3.03. The summed E-state index contributed by atoms with van der Waals surface area (Å²) in [6.45, 7) is 0.641. The molecular weight excluding hydrogens is 429 g/mol. The van der Waals surface area contributed by atoms with E-state index in [-0.39, 0.29) is 25.3 Å². The van der Waals surface area contributed by atoms with Crippen molar-refractivity contribution in [2.24, 2.45) is 5.92 Å².